The number of carbonyl (C=O) groups is 1. The lowest BCUT2D eigenvalue weighted by molar-refractivity contribution is 0.189. The summed E-state index contributed by atoms with van der Waals surface area (Å²) >= 11 is 0. The van der Waals surface area contributed by atoms with E-state index in [1.807, 2.05) is 68.1 Å². The molecule has 0 fully saturated rings. The van der Waals surface area contributed by atoms with Crippen LogP contribution in [0.15, 0.2) is 67.0 Å². The number of nitrogens with one attached hydrogen (secondary N) is 1. The van der Waals surface area contributed by atoms with E-state index < -0.39 is 0 Å². The Hall–Kier alpha value is -3.54. The number of hydrogen-bond donors (Lipinski definition) is 1. The molecule has 6 heteroatoms. The maximum Gasteiger partial charge on any atom is 0.318 e. The first-order valence-corrected chi connectivity index (χ1v) is 11.2. The van der Waals surface area contributed by atoms with E-state index >= 15 is 0 Å². The minimum Gasteiger partial charge on any atom is -0.493 e. The quantitative estimate of drug-likeness (QED) is 0.460. The number of hydrogen-bond acceptors (Lipinski definition) is 4. The lowest BCUT2D eigenvalue weighted by atomic mass is 10.1. The van der Waals surface area contributed by atoms with E-state index in [0.717, 1.165) is 22.3 Å². The van der Waals surface area contributed by atoms with Gasteiger partial charge in [-0.05, 0) is 68.1 Å². The molecule has 1 atom stereocenters. The van der Waals surface area contributed by atoms with Crippen molar-refractivity contribution in [1.82, 2.24) is 15.2 Å². The summed E-state index contributed by atoms with van der Waals surface area (Å²) in [6, 6.07) is 17.4. The third-order valence-corrected chi connectivity index (χ3v) is 5.40. The van der Waals surface area contributed by atoms with Gasteiger partial charge < -0.3 is 19.7 Å². The van der Waals surface area contributed by atoms with Gasteiger partial charge in [0.1, 0.15) is 0 Å². The zero-order valence-electron chi connectivity index (χ0n) is 20.0. The van der Waals surface area contributed by atoms with Crippen LogP contribution in [-0.2, 0) is 13.1 Å². The standard InChI is InChI=1S/C27H33N3O3/c1-19(2)33-25-13-12-23(15-26(25)32-5)21(4)29-27(31)30(17-22-10-8-14-28-16-22)18-24-11-7-6-9-20(24)3/h6-16,19,21H,17-18H2,1-5H3,(H,29,31). The van der Waals surface area contributed by atoms with Crippen molar-refractivity contribution in [1.29, 1.82) is 0 Å². The van der Waals surface area contributed by atoms with Crippen LogP contribution >= 0.6 is 0 Å². The van der Waals surface area contributed by atoms with Gasteiger partial charge in [0.25, 0.3) is 0 Å². The van der Waals surface area contributed by atoms with Crippen LogP contribution in [-0.4, -0.2) is 29.1 Å². The zero-order chi connectivity index (χ0) is 23.8. The molecule has 3 rings (SSSR count). The van der Waals surface area contributed by atoms with Crippen LogP contribution in [0.1, 0.15) is 49.1 Å². The normalized spacial score (nSPS) is 11.7. The number of nitrogens with zero attached hydrogens (tertiary/aromatic N) is 2. The third-order valence-electron chi connectivity index (χ3n) is 5.40. The van der Waals surface area contributed by atoms with Gasteiger partial charge in [0, 0.05) is 25.5 Å². The monoisotopic (exact) mass is 447 g/mol. The Kier molecular flexibility index (Phi) is 8.30. The highest BCUT2D eigenvalue weighted by Gasteiger charge is 2.19. The number of rotatable bonds is 9. The average Bonchev–Trinajstić information content (AvgIpc) is 2.80. The molecule has 2 amide bonds. The second kappa shape index (κ2) is 11.4. The number of urea groups is 1. The van der Waals surface area contributed by atoms with Crippen LogP contribution in [0.5, 0.6) is 11.5 Å². The van der Waals surface area contributed by atoms with E-state index in [9.17, 15) is 4.79 Å². The molecule has 3 aromatic rings. The summed E-state index contributed by atoms with van der Waals surface area (Å²) in [7, 11) is 1.62. The van der Waals surface area contributed by atoms with E-state index in [2.05, 4.69) is 29.4 Å². The van der Waals surface area contributed by atoms with Crippen LogP contribution in [0.4, 0.5) is 4.79 Å². The molecule has 174 valence electrons. The molecule has 0 saturated carbocycles. The maximum absolute atomic E-state index is 13.4. The summed E-state index contributed by atoms with van der Waals surface area (Å²) in [4.78, 5) is 19.4. The van der Waals surface area contributed by atoms with Gasteiger partial charge in [0.05, 0.1) is 19.3 Å². The molecule has 33 heavy (non-hydrogen) atoms. The molecule has 1 unspecified atom stereocenters. The molecule has 0 aliphatic carbocycles. The molecule has 0 aliphatic heterocycles. The molecule has 0 spiro atoms. The lowest BCUT2D eigenvalue weighted by Crippen LogP contribution is -2.40. The minimum atomic E-state index is -0.215. The van der Waals surface area contributed by atoms with Crippen molar-refractivity contribution < 1.29 is 14.3 Å². The highest BCUT2D eigenvalue weighted by atomic mass is 16.5. The van der Waals surface area contributed by atoms with E-state index in [0.29, 0.717) is 24.6 Å². The molecular weight excluding hydrogens is 414 g/mol. The Balaban J connectivity index is 1.78. The Morgan fingerprint density at radius 3 is 2.48 bits per heavy atom. The number of pyridine rings is 1. The van der Waals surface area contributed by atoms with Crippen molar-refractivity contribution >= 4 is 6.03 Å². The largest absolute Gasteiger partial charge is 0.493 e. The van der Waals surface area contributed by atoms with Crippen LogP contribution in [0.3, 0.4) is 0 Å². The number of ether oxygens (including phenoxy) is 2. The first-order chi connectivity index (χ1) is 15.9. The summed E-state index contributed by atoms with van der Waals surface area (Å²) in [5.74, 6) is 1.34. The van der Waals surface area contributed by atoms with Gasteiger partial charge in [-0.2, -0.15) is 0 Å². The van der Waals surface area contributed by atoms with Crippen LogP contribution < -0.4 is 14.8 Å². The molecule has 6 nitrogen and oxygen atoms in total. The summed E-state index contributed by atoms with van der Waals surface area (Å²) in [5.41, 5.74) is 4.18. The van der Waals surface area contributed by atoms with Gasteiger partial charge in [-0.1, -0.05) is 36.4 Å². The summed E-state index contributed by atoms with van der Waals surface area (Å²) in [6.07, 6.45) is 3.57. The van der Waals surface area contributed by atoms with E-state index in [1.54, 1.807) is 19.5 Å². The van der Waals surface area contributed by atoms with Crippen LogP contribution in [0.25, 0.3) is 0 Å². The van der Waals surface area contributed by atoms with Crippen molar-refractivity contribution in [2.75, 3.05) is 7.11 Å². The number of aromatic nitrogens is 1. The van der Waals surface area contributed by atoms with Crippen molar-refractivity contribution in [3.63, 3.8) is 0 Å². The highest BCUT2D eigenvalue weighted by molar-refractivity contribution is 5.75. The fourth-order valence-electron chi connectivity index (χ4n) is 3.57. The van der Waals surface area contributed by atoms with Crippen molar-refractivity contribution in [3.05, 3.63) is 89.2 Å². The second-order valence-corrected chi connectivity index (χ2v) is 8.39. The SMILES string of the molecule is COc1cc(C(C)NC(=O)N(Cc2cccnc2)Cc2ccccc2C)ccc1OC(C)C. The maximum atomic E-state index is 13.4. The molecular formula is C27H33N3O3. The van der Waals surface area contributed by atoms with Gasteiger partial charge in [0.15, 0.2) is 11.5 Å². The fourth-order valence-corrected chi connectivity index (χ4v) is 3.57. The van der Waals surface area contributed by atoms with Gasteiger partial charge in [0.2, 0.25) is 0 Å². The Labute approximate surface area is 196 Å². The van der Waals surface area contributed by atoms with E-state index in [4.69, 9.17) is 9.47 Å². The van der Waals surface area contributed by atoms with Gasteiger partial charge in [-0.25, -0.2) is 4.79 Å². The predicted molar refractivity (Wildman–Crippen MR) is 130 cm³/mol. The predicted octanol–water partition coefficient (Wildman–Crippen LogP) is 5.66. The topological polar surface area (TPSA) is 63.7 Å². The lowest BCUT2D eigenvalue weighted by Gasteiger charge is -2.26. The van der Waals surface area contributed by atoms with E-state index in [-0.39, 0.29) is 18.2 Å². The molecule has 2 aromatic carbocycles. The Bertz CT molecular complexity index is 1050. The molecule has 1 aromatic heterocycles. The third kappa shape index (κ3) is 6.72. The second-order valence-electron chi connectivity index (χ2n) is 8.39. The van der Waals surface area contributed by atoms with Crippen molar-refractivity contribution in [2.24, 2.45) is 0 Å². The Morgan fingerprint density at radius 2 is 1.82 bits per heavy atom. The number of amides is 2. The average molecular weight is 448 g/mol. The number of benzene rings is 2. The van der Waals surface area contributed by atoms with Gasteiger partial charge in [-0.3, -0.25) is 4.98 Å². The smallest absolute Gasteiger partial charge is 0.318 e. The first-order valence-electron chi connectivity index (χ1n) is 11.2. The molecule has 0 aliphatic rings. The molecule has 0 radical (unpaired) electrons. The van der Waals surface area contributed by atoms with Gasteiger partial charge in [-0.15, -0.1) is 0 Å². The molecule has 0 saturated heterocycles. The molecule has 1 N–H and O–H groups in total. The number of carbonyl (C=O) groups excluding carboxylic acids is 1. The minimum absolute atomic E-state index is 0.0457. The molecule has 1 heterocycles. The van der Waals surface area contributed by atoms with Crippen LogP contribution in [0, 0.1) is 6.92 Å². The number of methoxy groups -OCH3 is 1. The van der Waals surface area contributed by atoms with E-state index in [1.165, 1.54) is 0 Å². The highest BCUT2D eigenvalue weighted by Crippen LogP contribution is 2.31. The summed E-state index contributed by atoms with van der Waals surface area (Å²) in [5, 5.41) is 3.14. The zero-order valence-corrected chi connectivity index (χ0v) is 20.0. The molecule has 0 bridgehead atoms. The van der Waals surface area contributed by atoms with Crippen molar-refractivity contribution in [2.45, 2.75) is 52.9 Å². The summed E-state index contributed by atoms with van der Waals surface area (Å²) < 4.78 is 11.3. The van der Waals surface area contributed by atoms with Gasteiger partial charge >= 0.3 is 6.03 Å². The van der Waals surface area contributed by atoms with Crippen molar-refractivity contribution in [3.8, 4) is 11.5 Å². The summed E-state index contributed by atoms with van der Waals surface area (Å²) in [6.45, 7) is 8.94. The Morgan fingerprint density at radius 1 is 1.03 bits per heavy atom. The number of aryl methyl sites for hydroxylation is 1. The van der Waals surface area contributed by atoms with Crippen LogP contribution in [0.2, 0.25) is 0 Å². The first kappa shape index (κ1) is 24.1. The fraction of sp³-hybridized carbons (Fsp3) is 0.333.